The van der Waals surface area contributed by atoms with Gasteiger partial charge in [0.25, 0.3) is 5.56 Å². The average molecular weight is 818 g/mol. The highest BCUT2D eigenvalue weighted by molar-refractivity contribution is 8.00. The lowest BCUT2D eigenvalue weighted by atomic mass is 10.0. The second-order valence-corrected chi connectivity index (χ2v) is 15.5. The summed E-state index contributed by atoms with van der Waals surface area (Å²) in [4.78, 5) is 84.5. The first kappa shape index (κ1) is 45.1. The molecule has 19 nitrogen and oxygen atoms in total. The molecule has 2 fully saturated rings. The number of hydrogen-bond acceptors (Lipinski definition) is 14. The van der Waals surface area contributed by atoms with E-state index in [9.17, 15) is 28.8 Å². The smallest absolute Gasteiger partial charge is 0.351 e. The molecule has 4 rings (SSSR count). The molecule has 0 bridgehead atoms. The molecule has 314 valence electrons. The molecule has 0 radical (unpaired) electrons. The highest BCUT2D eigenvalue weighted by atomic mass is 32.2. The fraction of sp³-hybridized carbons (Fsp3) is 0.703. The zero-order chi connectivity index (χ0) is 41.2. The Balaban J connectivity index is 1.28. The van der Waals surface area contributed by atoms with Gasteiger partial charge in [0.1, 0.15) is 49.1 Å². The largest absolute Gasteiger partial charge is 0.463 e. The minimum absolute atomic E-state index is 0.0846. The summed E-state index contributed by atoms with van der Waals surface area (Å²) in [6.45, 7) is 3.24. The van der Waals surface area contributed by atoms with E-state index in [1.54, 1.807) is 0 Å². The number of aromatic amines is 1. The average Bonchev–Trinajstić information content (AvgIpc) is 3.82. The summed E-state index contributed by atoms with van der Waals surface area (Å²) in [7, 11) is 0. The van der Waals surface area contributed by atoms with Crippen molar-refractivity contribution in [1.29, 1.82) is 0 Å². The van der Waals surface area contributed by atoms with Crippen LogP contribution < -0.4 is 28.0 Å². The van der Waals surface area contributed by atoms with Gasteiger partial charge in [0.05, 0.1) is 6.04 Å². The van der Waals surface area contributed by atoms with Gasteiger partial charge in [-0.1, -0.05) is 76.2 Å². The van der Waals surface area contributed by atoms with E-state index >= 15 is 0 Å². The Morgan fingerprint density at radius 1 is 1.02 bits per heavy atom. The number of thioether (sulfide) groups is 1. The number of carbonyl (C=O) groups excluding carboxylic acids is 3. The molecule has 2 aromatic heterocycles. The summed E-state index contributed by atoms with van der Waals surface area (Å²) in [6, 6.07) is -0.469. The van der Waals surface area contributed by atoms with E-state index in [1.165, 1.54) is 91.2 Å². The van der Waals surface area contributed by atoms with Crippen LogP contribution in [0.25, 0.3) is 10.4 Å². The molecule has 2 aliphatic rings. The van der Waals surface area contributed by atoms with Crippen molar-refractivity contribution in [2.45, 2.75) is 146 Å². The highest BCUT2D eigenvalue weighted by Gasteiger charge is 2.37. The summed E-state index contributed by atoms with van der Waals surface area (Å²) in [5.41, 5.74) is 12.5. The van der Waals surface area contributed by atoms with Crippen LogP contribution in [0.3, 0.4) is 0 Å². The molecule has 20 heteroatoms. The molecule has 2 saturated heterocycles. The molecule has 1 unspecified atom stereocenters. The van der Waals surface area contributed by atoms with Crippen LogP contribution in [-0.2, 0) is 33.3 Å². The molecule has 2 aromatic rings. The van der Waals surface area contributed by atoms with Gasteiger partial charge < -0.3 is 30.0 Å². The number of carbonyl (C=O) groups is 3. The van der Waals surface area contributed by atoms with Crippen LogP contribution in [0.1, 0.15) is 121 Å². The van der Waals surface area contributed by atoms with Crippen LogP contribution in [0.4, 0.5) is 5.82 Å². The van der Waals surface area contributed by atoms with Gasteiger partial charge in [-0.3, -0.25) is 28.5 Å². The maximum atomic E-state index is 13.3. The number of nitrogens with one attached hydrogen (secondary N) is 2. The van der Waals surface area contributed by atoms with Crippen LogP contribution in [0.2, 0.25) is 0 Å². The van der Waals surface area contributed by atoms with Gasteiger partial charge in [-0.25, -0.2) is 14.4 Å². The van der Waals surface area contributed by atoms with Crippen LogP contribution in [0.15, 0.2) is 38.0 Å². The number of hydrogen-bond donors (Lipinski definition) is 3. The zero-order valence-corrected chi connectivity index (χ0v) is 33.5. The summed E-state index contributed by atoms with van der Waals surface area (Å²) < 4.78 is 25.2. The predicted molar refractivity (Wildman–Crippen MR) is 211 cm³/mol. The fourth-order valence-electron chi connectivity index (χ4n) is 6.57. The predicted octanol–water partition coefficient (Wildman–Crippen LogP) is 4.29. The number of anilines is 1. The molecular weight excluding hydrogens is 763 g/mol. The minimum Gasteiger partial charge on any atom is -0.463 e. The van der Waals surface area contributed by atoms with E-state index < -0.39 is 65.0 Å². The van der Waals surface area contributed by atoms with E-state index in [1.807, 2.05) is 0 Å². The summed E-state index contributed by atoms with van der Waals surface area (Å²) >= 11 is 1.34. The maximum absolute atomic E-state index is 13.3. The van der Waals surface area contributed by atoms with E-state index in [2.05, 4.69) is 32.2 Å². The molecule has 4 heterocycles. The van der Waals surface area contributed by atoms with E-state index in [0.717, 1.165) is 19.3 Å². The summed E-state index contributed by atoms with van der Waals surface area (Å²) in [5, 5.41) is 6.45. The number of nitrogens with zero attached hydrogens (tertiary/aromatic N) is 6. The molecule has 1 amide bonds. The normalized spacial score (nSPS) is 20.8. The van der Waals surface area contributed by atoms with E-state index in [0.29, 0.717) is 12.2 Å². The Bertz CT molecular complexity index is 1860. The number of rotatable bonds is 24. The molecule has 57 heavy (non-hydrogen) atoms. The Kier molecular flexibility index (Phi) is 18.6. The molecule has 0 aromatic carbocycles. The molecular formula is C37H55N9O10S. The Hall–Kier alpha value is -4.65. The van der Waals surface area contributed by atoms with Crippen molar-refractivity contribution in [3.8, 4) is 0 Å². The maximum Gasteiger partial charge on any atom is 0.351 e. The van der Waals surface area contributed by atoms with Crippen molar-refractivity contribution in [2.24, 2.45) is 5.11 Å². The Morgan fingerprint density at radius 3 is 2.40 bits per heavy atom. The third kappa shape index (κ3) is 14.7. The summed E-state index contributed by atoms with van der Waals surface area (Å²) in [5.74, 6) is -1.34. The Labute approximate surface area is 334 Å². The number of nitrogen functional groups attached to an aromatic ring is 1. The van der Waals surface area contributed by atoms with Gasteiger partial charge in [0.15, 0.2) is 0 Å². The van der Waals surface area contributed by atoms with Crippen LogP contribution in [0.5, 0.6) is 0 Å². The number of esters is 2. The topological polar surface area (TPSA) is 265 Å². The van der Waals surface area contributed by atoms with Gasteiger partial charge >= 0.3 is 23.3 Å². The van der Waals surface area contributed by atoms with Crippen molar-refractivity contribution in [1.82, 2.24) is 24.4 Å². The number of ether oxygens (including phenoxy) is 4. The molecule has 0 spiro atoms. The van der Waals surface area contributed by atoms with Crippen molar-refractivity contribution in [2.75, 3.05) is 24.7 Å². The van der Waals surface area contributed by atoms with Gasteiger partial charge in [-0.2, -0.15) is 4.98 Å². The third-order valence-electron chi connectivity index (χ3n) is 9.79. The quantitative estimate of drug-likeness (QED) is 0.0439. The SMILES string of the molecule is CCCCCCCCCCCCCC(=O)NC(CCC(=O)OC[C@H]1O[C@@H](n2cc(C)c(=O)[nH]c2=O)C[C@@H]1N=[N+]=[N-])C(=O)OC[C@@H]1O[C@H](n2ccc(N)nc2=O)CS1. The van der Waals surface area contributed by atoms with E-state index in [4.69, 9.17) is 30.2 Å². The molecule has 0 saturated carbocycles. The second kappa shape index (κ2) is 23.5. The molecule has 6 atom stereocenters. The standard InChI is InChI=1S/C37H55N9O10S/c1-3-4-5-6-7-8-9-10-11-12-13-14-29(47)40-25(35(50)54-22-33-56-31(23-57-33)45-18-17-28(38)41-36(45)51)15-16-32(48)53-21-27-26(43-44-39)19-30(55-27)46-20-24(2)34(49)42-37(46)52/h17-18,20,25-27,30-31,33H,3-16,19,21-23H2,1-2H3,(H,40,47)(H2,38,41,51)(H,42,49,52)/t25?,26-,27+,30+,31-,33+/m0/s1. The molecule has 2 aliphatic heterocycles. The van der Waals surface area contributed by atoms with Crippen molar-refractivity contribution >= 4 is 35.4 Å². The van der Waals surface area contributed by atoms with Crippen LogP contribution >= 0.6 is 11.8 Å². The lowest BCUT2D eigenvalue weighted by Gasteiger charge is -2.20. The number of amides is 1. The second-order valence-electron chi connectivity index (χ2n) is 14.3. The Morgan fingerprint density at radius 2 is 1.72 bits per heavy atom. The van der Waals surface area contributed by atoms with Gasteiger partial charge in [0.2, 0.25) is 5.91 Å². The van der Waals surface area contributed by atoms with Gasteiger partial charge in [-0.05, 0) is 31.4 Å². The third-order valence-corrected chi connectivity index (χ3v) is 10.9. The number of azide groups is 1. The van der Waals surface area contributed by atoms with Crippen molar-refractivity contribution < 1.29 is 33.3 Å². The first-order chi connectivity index (χ1) is 27.5. The van der Waals surface area contributed by atoms with Crippen molar-refractivity contribution in [3.63, 3.8) is 0 Å². The van der Waals surface area contributed by atoms with Crippen molar-refractivity contribution in [3.05, 3.63) is 65.8 Å². The number of aromatic nitrogens is 4. The van der Waals surface area contributed by atoms with Gasteiger partial charge in [0, 0.05) is 47.9 Å². The first-order valence-electron chi connectivity index (χ1n) is 19.7. The zero-order valence-electron chi connectivity index (χ0n) is 32.7. The molecule has 0 aliphatic carbocycles. The van der Waals surface area contributed by atoms with Crippen LogP contribution in [0, 0.1) is 6.92 Å². The first-order valence-corrected chi connectivity index (χ1v) is 20.8. The number of nitrogens with two attached hydrogens (primary N) is 1. The summed E-state index contributed by atoms with van der Waals surface area (Å²) in [6.07, 6.45) is 12.7. The molecule has 4 N–H and O–H groups in total. The number of aryl methyl sites for hydroxylation is 1. The van der Waals surface area contributed by atoms with Gasteiger partial charge in [-0.15, -0.1) is 11.8 Å². The highest BCUT2D eigenvalue weighted by Crippen LogP contribution is 2.32. The van der Waals surface area contributed by atoms with E-state index in [-0.39, 0.29) is 56.2 Å². The monoisotopic (exact) mass is 817 g/mol. The van der Waals surface area contributed by atoms with Crippen LogP contribution in [-0.4, -0.2) is 79.5 Å². The number of H-pyrrole nitrogens is 1. The lowest BCUT2D eigenvalue weighted by Crippen LogP contribution is -2.43. The number of unbranched alkanes of at least 4 members (excludes halogenated alkanes) is 10. The fourth-order valence-corrected chi connectivity index (χ4v) is 7.56. The minimum atomic E-state index is -1.16. The lowest BCUT2D eigenvalue weighted by molar-refractivity contribution is -0.153.